The fourth-order valence-corrected chi connectivity index (χ4v) is 9.26. The third kappa shape index (κ3) is 9.05. The topological polar surface area (TPSA) is 50.9 Å². The Labute approximate surface area is 407 Å². The van der Waals surface area contributed by atoms with Crippen LogP contribution in [0.2, 0.25) is 0 Å². The number of aromatic hydroxyl groups is 1. The standard InChI is InChI=1S/C64H65N3O/c1-39(2)47-31-48(40(3)4)33-50(32-47)45-23-26-58(41(5)29-45)67-59-20-16-19-55(60(59)66-62(67)56-38-54(64(10,11)12)30-42(6)61(56)68)51-34-49(43-17-14-13-15-18-43)35-52(36-51)57-37-46(27-28-65-57)44-21-24-53(25-22-44)63(7,8)9/h13-40,68H,1-12H3/i39D,40D. The minimum Gasteiger partial charge on any atom is -0.507 e. The highest BCUT2D eigenvalue weighted by Gasteiger charge is 2.25. The first-order chi connectivity index (χ1) is 32.9. The summed E-state index contributed by atoms with van der Waals surface area (Å²) in [5, 5.41) is 12.1. The molecule has 0 aliphatic heterocycles. The molecule has 0 spiro atoms. The summed E-state index contributed by atoms with van der Waals surface area (Å²) in [7, 11) is 0. The van der Waals surface area contributed by atoms with Crippen LogP contribution >= 0.6 is 0 Å². The second-order valence-electron chi connectivity index (χ2n) is 21.1. The summed E-state index contributed by atoms with van der Waals surface area (Å²) in [6, 6.07) is 53.6. The fourth-order valence-electron chi connectivity index (χ4n) is 9.26. The summed E-state index contributed by atoms with van der Waals surface area (Å²) < 4.78 is 20.1. The first kappa shape index (κ1) is 43.5. The van der Waals surface area contributed by atoms with Crippen LogP contribution in [-0.4, -0.2) is 19.6 Å². The van der Waals surface area contributed by atoms with E-state index in [2.05, 4.69) is 193 Å². The first-order valence-electron chi connectivity index (χ1n) is 24.9. The van der Waals surface area contributed by atoms with Gasteiger partial charge < -0.3 is 5.11 Å². The molecule has 0 unspecified atom stereocenters. The highest BCUT2D eigenvalue weighted by Crippen LogP contribution is 2.43. The monoisotopic (exact) mass is 894 g/mol. The Balaban J connectivity index is 1.26. The number of imidazole rings is 1. The molecule has 7 aromatic carbocycles. The lowest BCUT2D eigenvalue weighted by Gasteiger charge is -2.22. The van der Waals surface area contributed by atoms with Gasteiger partial charge in [0.05, 0.1) is 28.0 Å². The van der Waals surface area contributed by atoms with Gasteiger partial charge in [-0.3, -0.25) is 9.55 Å². The molecular formula is C64H65N3O. The third-order valence-electron chi connectivity index (χ3n) is 13.4. The summed E-state index contributed by atoms with van der Waals surface area (Å²) in [6.45, 7) is 25.0. The summed E-state index contributed by atoms with van der Waals surface area (Å²) in [4.78, 5) is 10.6. The quantitative estimate of drug-likeness (QED) is 0.157. The molecule has 0 saturated carbocycles. The van der Waals surface area contributed by atoms with Gasteiger partial charge in [-0.1, -0.05) is 166 Å². The molecule has 0 aliphatic rings. The molecular weight excluding hydrogens is 827 g/mol. The van der Waals surface area contributed by atoms with E-state index < -0.39 is 11.8 Å². The molecule has 9 aromatic rings. The molecule has 0 fully saturated rings. The van der Waals surface area contributed by atoms with Gasteiger partial charge in [-0.05, 0) is 163 Å². The summed E-state index contributed by atoms with van der Waals surface area (Å²) in [6.07, 6.45) is 1.90. The van der Waals surface area contributed by atoms with Crippen molar-refractivity contribution in [1.82, 2.24) is 14.5 Å². The van der Waals surface area contributed by atoms with E-state index in [4.69, 9.17) is 12.7 Å². The minimum absolute atomic E-state index is 0.0638. The third-order valence-corrected chi connectivity index (χ3v) is 13.4. The van der Waals surface area contributed by atoms with Crippen LogP contribution in [0, 0.1) is 13.8 Å². The molecule has 9 rings (SSSR count). The fraction of sp³-hybridized carbons (Fsp3) is 0.250. The number of hydrogen-bond donors (Lipinski definition) is 1. The van der Waals surface area contributed by atoms with E-state index in [0.29, 0.717) is 11.4 Å². The van der Waals surface area contributed by atoms with Crippen LogP contribution in [0.15, 0.2) is 158 Å². The van der Waals surface area contributed by atoms with Gasteiger partial charge in [0.15, 0.2) is 0 Å². The molecule has 0 bridgehead atoms. The molecule has 0 atom stereocenters. The Morgan fingerprint density at radius 1 is 0.500 bits per heavy atom. The lowest BCUT2D eigenvalue weighted by atomic mass is 9.84. The smallest absolute Gasteiger partial charge is 0.149 e. The summed E-state index contributed by atoms with van der Waals surface area (Å²) in [5.41, 5.74) is 19.4. The molecule has 68 heavy (non-hydrogen) atoms. The number of rotatable bonds is 9. The Morgan fingerprint density at radius 2 is 1.10 bits per heavy atom. The molecule has 4 heteroatoms. The lowest BCUT2D eigenvalue weighted by Crippen LogP contribution is -2.12. The number of aryl methyl sites for hydroxylation is 2. The van der Waals surface area contributed by atoms with Crippen LogP contribution in [0.4, 0.5) is 0 Å². The van der Waals surface area contributed by atoms with Crippen molar-refractivity contribution in [3.05, 3.63) is 191 Å². The van der Waals surface area contributed by atoms with Gasteiger partial charge in [0.2, 0.25) is 0 Å². The number of phenolic OH excluding ortho intramolecular Hbond substituents is 1. The maximum absolute atomic E-state index is 12.1. The van der Waals surface area contributed by atoms with E-state index in [1.165, 1.54) is 5.56 Å². The van der Waals surface area contributed by atoms with E-state index in [0.717, 1.165) is 100 Å². The van der Waals surface area contributed by atoms with Gasteiger partial charge in [0, 0.05) is 20.1 Å². The first-order valence-corrected chi connectivity index (χ1v) is 23.9. The van der Waals surface area contributed by atoms with Crippen molar-refractivity contribution in [2.24, 2.45) is 0 Å². The number of hydrogen-bond acceptors (Lipinski definition) is 3. The highest BCUT2D eigenvalue weighted by atomic mass is 16.3. The van der Waals surface area contributed by atoms with E-state index >= 15 is 0 Å². The molecule has 2 heterocycles. The number of fused-ring (bicyclic) bond motifs is 1. The second kappa shape index (κ2) is 17.9. The van der Waals surface area contributed by atoms with Crippen LogP contribution < -0.4 is 0 Å². The molecule has 2 aromatic heterocycles. The number of benzene rings is 7. The van der Waals surface area contributed by atoms with Crippen LogP contribution in [0.25, 0.3) is 83.9 Å². The molecule has 0 amide bonds. The summed E-state index contributed by atoms with van der Waals surface area (Å²) in [5.74, 6) is -0.827. The van der Waals surface area contributed by atoms with E-state index in [1.807, 2.05) is 52.9 Å². The van der Waals surface area contributed by atoms with Gasteiger partial charge in [-0.2, -0.15) is 0 Å². The molecule has 342 valence electrons. The SMILES string of the molecule is [2H]C(C)(C)c1cc(-c2ccc(-n3c(-c4cc(C(C)(C)C)cc(C)c4O)nc4c(-c5cc(-c6ccccc6)cc(-c6cc(-c7ccc(C(C)(C)C)cc7)ccn6)c5)cccc43)c(C)c2)cc(C([2H])(C)C)c1. The number of nitrogens with zero attached hydrogens (tertiary/aromatic N) is 3. The van der Waals surface area contributed by atoms with Crippen LogP contribution in [-0.2, 0) is 10.8 Å². The molecule has 4 nitrogen and oxygen atoms in total. The van der Waals surface area contributed by atoms with Crippen molar-refractivity contribution in [2.75, 3.05) is 0 Å². The van der Waals surface area contributed by atoms with Crippen molar-refractivity contribution < 1.29 is 7.85 Å². The van der Waals surface area contributed by atoms with Crippen molar-refractivity contribution >= 4 is 11.0 Å². The van der Waals surface area contributed by atoms with Gasteiger partial charge in [0.1, 0.15) is 11.6 Å². The minimum atomic E-state index is -0.837. The van der Waals surface area contributed by atoms with Crippen LogP contribution in [0.3, 0.4) is 0 Å². The van der Waals surface area contributed by atoms with E-state index in [-0.39, 0.29) is 16.6 Å². The zero-order valence-corrected chi connectivity index (χ0v) is 41.8. The molecule has 0 radical (unpaired) electrons. The van der Waals surface area contributed by atoms with E-state index in [1.54, 1.807) is 0 Å². The van der Waals surface area contributed by atoms with Crippen molar-refractivity contribution in [3.63, 3.8) is 0 Å². The number of pyridine rings is 1. The largest absolute Gasteiger partial charge is 0.507 e. The Morgan fingerprint density at radius 3 is 1.75 bits per heavy atom. The Hall–Kier alpha value is -7.04. The van der Waals surface area contributed by atoms with Crippen molar-refractivity contribution in [2.45, 2.75) is 106 Å². The molecule has 0 aliphatic carbocycles. The van der Waals surface area contributed by atoms with Crippen molar-refractivity contribution in [3.8, 4) is 78.6 Å². The highest BCUT2D eigenvalue weighted by molar-refractivity contribution is 5.98. The maximum atomic E-state index is 12.1. The Bertz CT molecular complexity index is 3400. The van der Waals surface area contributed by atoms with Gasteiger partial charge in [-0.25, -0.2) is 4.98 Å². The zero-order valence-electron chi connectivity index (χ0n) is 43.8. The normalized spacial score (nSPS) is 12.9. The van der Waals surface area contributed by atoms with Gasteiger partial charge in [-0.15, -0.1) is 0 Å². The molecule has 0 saturated heterocycles. The van der Waals surface area contributed by atoms with E-state index in [9.17, 15) is 5.11 Å². The average molecular weight is 894 g/mol. The van der Waals surface area contributed by atoms with Crippen LogP contribution in [0.1, 0.15) is 117 Å². The second-order valence-corrected chi connectivity index (χ2v) is 21.1. The number of phenols is 1. The Kier molecular flexibility index (Phi) is 11.4. The predicted octanol–water partition coefficient (Wildman–Crippen LogP) is 17.6. The van der Waals surface area contributed by atoms with Crippen LogP contribution in [0.5, 0.6) is 5.75 Å². The maximum Gasteiger partial charge on any atom is 0.149 e. The number of aromatic nitrogens is 3. The molecule has 1 N–H and O–H groups in total. The predicted molar refractivity (Wildman–Crippen MR) is 288 cm³/mol. The lowest BCUT2D eigenvalue weighted by molar-refractivity contribution is 0.471. The zero-order chi connectivity index (χ0) is 50.1. The number of para-hydroxylation sites is 1. The van der Waals surface area contributed by atoms with Crippen molar-refractivity contribution in [1.29, 1.82) is 0 Å². The van der Waals surface area contributed by atoms with Gasteiger partial charge >= 0.3 is 0 Å². The summed E-state index contributed by atoms with van der Waals surface area (Å²) >= 11 is 0. The average Bonchev–Trinajstić information content (AvgIpc) is 3.70. The van der Waals surface area contributed by atoms with Gasteiger partial charge in [0.25, 0.3) is 0 Å².